The van der Waals surface area contributed by atoms with E-state index in [1.807, 2.05) is 24.3 Å². The maximum Gasteiger partial charge on any atom is 0.224 e. The molecule has 1 heterocycles. The van der Waals surface area contributed by atoms with Gasteiger partial charge >= 0.3 is 0 Å². The van der Waals surface area contributed by atoms with Crippen molar-refractivity contribution in [3.63, 3.8) is 0 Å². The molecular weight excluding hydrogens is 392 g/mol. The lowest BCUT2D eigenvalue weighted by atomic mass is 9.89. The summed E-state index contributed by atoms with van der Waals surface area (Å²) in [7, 11) is 0. The van der Waals surface area contributed by atoms with E-state index < -0.39 is 0 Å². The molecule has 2 fully saturated rings. The summed E-state index contributed by atoms with van der Waals surface area (Å²) >= 11 is 6.01. The summed E-state index contributed by atoms with van der Waals surface area (Å²) in [5.74, 6) is 0.914. The Morgan fingerprint density at radius 3 is 2.50 bits per heavy atom. The predicted octanol–water partition coefficient (Wildman–Crippen LogP) is 5.18. The normalized spacial score (nSPS) is 22.9. The second-order valence-electron chi connectivity index (χ2n) is 9.09. The Hall–Kier alpha value is -1.84. The molecule has 0 radical (unpaired) electrons. The van der Waals surface area contributed by atoms with E-state index in [9.17, 15) is 4.79 Å². The minimum atomic E-state index is 0.166. The van der Waals surface area contributed by atoms with Gasteiger partial charge in [0.25, 0.3) is 0 Å². The quantitative estimate of drug-likeness (QED) is 0.692. The number of hydrogen-bond donors (Lipinski definition) is 1. The summed E-state index contributed by atoms with van der Waals surface area (Å²) in [6.45, 7) is 4.37. The fraction of sp³-hybridized carbons (Fsp3) is 0.500. The number of rotatable bonds is 6. The number of carbonyl (C=O) groups is 1. The summed E-state index contributed by atoms with van der Waals surface area (Å²) in [4.78, 5) is 15.3. The molecule has 2 aliphatic rings. The van der Waals surface area contributed by atoms with Crippen LogP contribution in [0, 0.1) is 12.8 Å². The van der Waals surface area contributed by atoms with Gasteiger partial charge in [-0.15, -0.1) is 0 Å². The number of nitrogens with one attached hydrogen (secondary N) is 1. The maximum absolute atomic E-state index is 12.7. The van der Waals surface area contributed by atoms with Crippen LogP contribution in [0.3, 0.4) is 0 Å². The van der Waals surface area contributed by atoms with Crippen LogP contribution in [-0.4, -0.2) is 36.0 Å². The number of nitrogens with zero attached hydrogens (tertiary/aromatic N) is 1. The molecule has 0 bridgehead atoms. The predicted molar refractivity (Wildman–Crippen MR) is 124 cm³/mol. The number of likely N-dealkylation sites (tertiary alicyclic amines) is 1. The topological polar surface area (TPSA) is 32.3 Å². The lowest BCUT2D eigenvalue weighted by molar-refractivity contribution is -0.121. The summed E-state index contributed by atoms with van der Waals surface area (Å²) in [5.41, 5.74) is 3.71. The van der Waals surface area contributed by atoms with Gasteiger partial charge in [-0.05, 0) is 93.3 Å². The summed E-state index contributed by atoms with van der Waals surface area (Å²) < 4.78 is 0. The first-order valence-electron chi connectivity index (χ1n) is 11.4. The summed E-state index contributed by atoms with van der Waals surface area (Å²) in [6.07, 6.45) is 7.63. The zero-order valence-electron chi connectivity index (χ0n) is 17.9. The average molecular weight is 425 g/mol. The molecule has 0 aromatic heterocycles. The van der Waals surface area contributed by atoms with Gasteiger partial charge in [-0.25, -0.2) is 0 Å². The lowest BCUT2D eigenvalue weighted by Crippen LogP contribution is -2.51. The highest BCUT2D eigenvalue weighted by molar-refractivity contribution is 6.30. The van der Waals surface area contributed by atoms with E-state index in [2.05, 4.69) is 41.4 Å². The van der Waals surface area contributed by atoms with Crippen LogP contribution in [0.15, 0.2) is 48.5 Å². The highest BCUT2D eigenvalue weighted by Crippen LogP contribution is 2.30. The molecule has 3 nitrogen and oxygen atoms in total. The van der Waals surface area contributed by atoms with Crippen LogP contribution in [0.25, 0.3) is 0 Å². The largest absolute Gasteiger partial charge is 0.352 e. The van der Waals surface area contributed by atoms with Crippen molar-refractivity contribution in [3.05, 3.63) is 70.2 Å². The van der Waals surface area contributed by atoms with Crippen LogP contribution in [0.5, 0.6) is 0 Å². The number of amides is 1. The average Bonchev–Trinajstić information content (AvgIpc) is 3.20. The van der Waals surface area contributed by atoms with Crippen LogP contribution in [-0.2, 0) is 17.6 Å². The molecule has 1 aliphatic carbocycles. The Kier molecular flexibility index (Phi) is 7.12. The molecule has 2 aromatic carbocycles. The number of benzene rings is 2. The number of halogens is 1. The molecule has 1 saturated heterocycles. The Morgan fingerprint density at radius 1 is 1.03 bits per heavy atom. The molecule has 2 aromatic rings. The van der Waals surface area contributed by atoms with Crippen LogP contribution in [0.1, 0.15) is 48.8 Å². The number of aryl methyl sites for hydroxylation is 1. The van der Waals surface area contributed by atoms with E-state index in [1.54, 1.807) is 0 Å². The second kappa shape index (κ2) is 9.98. The van der Waals surface area contributed by atoms with Gasteiger partial charge in [-0.1, -0.05) is 48.0 Å². The van der Waals surface area contributed by atoms with Crippen molar-refractivity contribution in [1.29, 1.82) is 0 Å². The molecule has 4 heteroatoms. The highest BCUT2D eigenvalue weighted by Gasteiger charge is 2.34. The van der Waals surface area contributed by atoms with Crippen LogP contribution < -0.4 is 5.32 Å². The third-order valence-electron chi connectivity index (χ3n) is 6.99. The first kappa shape index (κ1) is 21.4. The first-order chi connectivity index (χ1) is 14.6. The van der Waals surface area contributed by atoms with E-state index in [4.69, 9.17) is 11.6 Å². The van der Waals surface area contributed by atoms with Gasteiger partial charge in [0.15, 0.2) is 0 Å². The van der Waals surface area contributed by atoms with Crippen molar-refractivity contribution in [1.82, 2.24) is 10.2 Å². The third kappa shape index (κ3) is 5.44. The Labute approximate surface area is 185 Å². The van der Waals surface area contributed by atoms with Crippen LogP contribution in [0.2, 0.25) is 5.02 Å². The summed E-state index contributed by atoms with van der Waals surface area (Å²) in [5, 5.41) is 4.18. The molecule has 1 aliphatic heterocycles. The van der Waals surface area contributed by atoms with Gasteiger partial charge in [0.05, 0.1) is 6.42 Å². The van der Waals surface area contributed by atoms with E-state index in [-0.39, 0.29) is 5.91 Å². The molecule has 4 rings (SSSR count). The number of carbonyl (C=O) groups excluding carboxylic acids is 1. The lowest BCUT2D eigenvalue weighted by Gasteiger charge is -2.38. The van der Waals surface area contributed by atoms with Crippen molar-refractivity contribution in [2.75, 3.05) is 13.1 Å². The van der Waals surface area contributed by atoms with Crippen molar-refractivity contribution in [2.24, 2.45) is 5.92 Å². The molecule has 1 N–H and O–H groups in total. The van der Waals surface area contributed by atoms with Gasteiger partial charge in [0, 0.05) is 17.1 Å². The number of hydrogen-bond acceptors (Lipinski definition) is 2. The van der Waals surface area contributed by atoms with Crippen molar-refractivity contribution in [3.8, 4) is 0 Å². The fourth-order valence-electron chi connectivity index (χ4n) is 5.23. The number of piperidine rings is 1. The van der Waals surface area contributed by atoms with E-state index in [1.165, 1.54) is 36.8 Å². The second-order valence-corrected chi connectivity index (χ2v) is 9.52. The smallest absolute Gasteiger partial charge is 0.224 e. The zero-order valence-corrected chi connectivity index (χ0v) is 18.7. The Morgan fingerprint density at radius 2 is 1.77 bits per heavy atom. The molecule has 1 saturated carbocycles. The van der Waals surface area contributed by atoms with Crippen molar-refractivity contribution < 1.29 is 4.79 Å². The van der Waals surface area contributed by atoms with Crippen molar-refractivity contribution in [2.45, 2.75) is 64.0 Å². The van der Waals surface area contributed by atoms with Gasteiger partial charge in [0.1, 0.15) is 0 Å². The van der Waals surface area contributed by atoms with Crippen LogP contribution >= 0.6 is 11.6 Å². The van der Waals surface area contributed by atoms with Gasteiger partial charge in [0.2, 0.25) is 5.91 Å². The minimum absolute atomic E-state index is 0.166. The highest BCUT2D eigenvalue weighted by atomic mass is 35.5. The van der Waals surface area contributed by atoms with Gasteiger partial charge in [-0.2, -0.15) is 0 Å². The SMILES string of the molecule is Cc1ccccc1CC(=O)N[C@@H]1CCC[C@H]1N1CCC(Cc2ccc(Cl)cc2)CC1. The van der Waals surface area contributed by atoms with Gasteiger partial charge < -0.3 is 5.32 Å². The van der Waals surface area contributed by atoms with Crippen LogP contribution in [0.4, 0.5) is 0 Å². The molecule has 0 spiro atoms. The third-order valence-corrected chi connectivity index (χ3v) is 7.25. The maximum atomic E-state index is 12.7. The molecule has 0 unspecified atom stereocenters. The molecule has 160 valence electrons. The van der Waals surface area contributed by atoms with Crippen molar-refractivity contribution >= 4 is 17.5 Å². The first-order valence-corrected chi connectivity index (χ1v) is 11.8. The molecule has 1 amide bonds. The Balaban J connectivity index is 1.27. The summed E-state index contributed by atoms with van der Waals surface area (Å²) in [6, 6.07) is 17.3. The molecule has 30 heavy (non-hydrogen) atoms. The van der Waals surface area contributed by atoms with E-state index in [0.717, 1.165) is 42.4 Å². The van der Waals surface area contributed by atoms with E-state index in [0.29, 0.717) is 18.5 Å². The standard InChI is InChI=1S/C26H33ClN2O/c1-19-5-2-3-6-22(19)18-26(30)28-24-7-4-8-25(24)29-15-13-21(14-16-29)17-20-9-11-23(27)12-10-20/h2-3,5-6,9-12,21,24-25H,4,7-8,13-18H2,1H3,(H,28,30)/t24-,25-/m1/s1. The van der Waals surface area contributed by atoms with E-state index >= 15 is 0 Å². The monoisotopic (exact) mass is 424 g/mol. The minimum Gasteiger partial charge on any atom is -0.352 e. The zero-order chi connectivity index (χ0) is 20.9. The fourth-order valence-corrected chi connectivity index (χ4v) is 5.35. The molecular formula is C26H33ClN2O. The van der Waals surface area contributed by atoms with Gasteiger partial charge in [-0.3, -0.25) is 9.69 Å². The Bertz CT molecular complexity index is 842. The molecule has 2 atom stereocenters.